The molecule has 6 heteroatoms. The van der Waals surface area contributed by atoms with E-state index in [0.29, 0.717) is 17.2 Å². The molecule has 1 atom stereocenters. The summed E-state index contributed by atoms with van der Waals surface area (Å²) in [7, 11) is 0. The Morgan fingerprint density at radius 1 is 0.897 bits per heavy atom. The van der Waals surface area contributed by atoms with Gasteiger partial charge < -0.3 is 9.32 Å². The Bertz CT molecular complexity index is 1160. The summed E-state index contributed by atoms with van der Waals surface area (Å²) in [6.45, 7) is 1.99. The monoisotopic (exact) mass is 383 g/mol. The van der Waals surface area contributed by atoms with Crippen LogP contribution in [0.15, 0.2) is 65.3 Å². The van der Waals surface area contributed by atoms with Gasteiger partial charge in [-0.1, -0.05) is 30.3 Å². The van der Waals surface area contributed by atoms with Gasteiger partial charge in [-0.3, -0.25) is 0 Å². The number of anilines is 1. The third kappa shape index (κ3) is 2.78. The smallest absolute Gasteiger partial charge is 0.247 e. The Labute approximate surface area is 168 Å². The van der Waals surface area contributed by atoms with Crippen molar-refractivity contribution in [2.45, 2.75) is 25.2 Å². The first-order chi connectivity index (χ1) is 14.3. The summed E-state index contributed by atoms with van der Waals surface area (Å²) >= 11 is 0. The van der Waals surface area contributed by atoms with Crippen molar-refractivity contribution in [3.63, 3.8) is 0 Å². The Hall–Kier alpha value is -3.28. The highest BCUT2D eigenvalue weighted by Crippen LogP contribution is 2.64. The van der Waals surface area contributed by atoms with Crippen molar-refractivity contribution >= 4 is 16.7 Å². The fraction of sp³-hybridized carbons (Fsp3) is 0.304. The van der Waals surface area contributed by atoms with E-state index in [1.54, 1.807) is 6.33 Å². The van der Waals surface area contributed by atoms with E-state index in [1.165, 1.54) is 0 Å². The van der Waals surface area contributed by atoms with E-state index in [2.05, 4.69) is 37.2 Å². The summed E-state index contributed by atoms with van der Waals surface area (Å²) in [5, 5.41) is 9.78. The lowest BCUT2D eigenvalue weighted by molar-refractivity contribution is 0.352. The van der Waals surface area contributed by atoms with Gasteiger partial charge in [-0.2, -0.15) is 0 Å². The normalized spacial score (nSPS) is 20.3. The second kappa shape index (κ2) is 6.37. The summed E-state index contributed by atoms with van der Waals surface area (Å²) in [5.41, 5.74) is 2.28. The van der Waals surface area contributed by atoms with Gasteiger partial charge in [0.1, 0.15) is 12.1 Å². The zero-order valence-corrected chi connectivity index (χ0v) is 16.0. The number of piperidine rings is 1. The molecule has 2 aliphatic rings. The quantitative estimate of drug-likeness (QED) is 0.520. The predicted octanol–water partition coefficient (Wildman–Crippen LogP) is 4.45. The van der Waals surface area contributed by atoms with Gasteiger partial charge in [0.15, 0.2) is 0 Å². The number of hydrogen-bond acceptors (Lipinski definition) is 6. The molecule has 144 valence electrons. The molecule has 1 saturated heterocycles. The third-order valence-electron chi connectivity index (χ3n) is 6.53. The number of benzene rings is 2. The van der Waals surface area contributed by atoms with Crippen LogP contribution in [0.5, 0.6) is 0 Å². The van der Waals surface area contributed by atoms with Crippen molar-refractivity contribution in [2.24, 2.45) is 5.41 Å². The van der Waals surface area contributed by atoms with Crippen molar-refractivity contribution < 1.29 is 4.42 Å². The molecule has 1 aliphatic carbocycles. The summed E-state index contributed by atoms with van der Waals surface area (Å²) in [4.78, 5) is 11.4. The van der Waals surface area contributed by atoms with Crippen LogP contribution in [0.2, 0.25) is 0 Å². The van der Waals surface area contributed by atoms with Crippen molar-refractivity contribution in [1.82, 2.24) is 20.2 Å². The van der Waals surface area contributed by atoms with Gasteiger partial charge in [-0.25, -0.2) is 9.97 Å². The molecule has 0 radical (unpaired) electrons. The minimum atomic E-state index is 0.305. The second-order valence-electron chi connectivity index (χ2n) is 8.13. The van der Waals surface area contributed by atoms with Crippen LogP contribution >= 0.6 is 0 Å². The van der Waals surface area contributed by atoms with Gasteiger partial charge in [0.2, 0.25) is 11.8 Å². The van der Waals surface area contributed by atoms with Gasteiger partial charge in [0.25, 0.3) is 0 Å². The van der Waals surface area contributed by atoms with E-state index in [4.69, 9.17) is 4.42 Å². The fourth-order valence-electron chi connectivity index (χ4n) is 4.73. The first kappa shape index (κ1) is 16.7. The van der Waals surface area contributed by atoms with Crippen LogP contribution < -0.4 is 4.90 Å². The third-order valence-corrected chi connectivity index (χ3v) is 6.53. The Kier molecular flexibility index (Phi) is 3.66. The highest BCUT2D eigenvalue weighted by Gasteiger charge is 2.58. The molecule has 3 heterocycles. The van der Waals surface area contributed by atoms with Gasteiger partial charge >= 0.3 is 0 Å². The first-order valence-electron chi connectivity index (χ1n) is 10.2. The lowest BCUT2D eigenvalue weighted by Gasteiger charge is -2.34. The predicted molar refractivity (Wildman–Crippen MR) is 111 cm³/mol. The molecule has 6 rings (SSSR count). The van der Waals surface area contributed by atoms with Gasteiger partial charge in [-0.15, -0.1) is 10.2 Å². The van der Waals surface area contributed by atoms with E-state index in [-0.39, 0.29) is 0 Å². The van der Waals surface area contributed by atoms with Crippen LogP contribution in [-0.2, 0) is 0 Å². The SMILES string of the molecule is c1ccc(-c2nnc([C@@H]3CC34CCN(c3ncnc5ccccc35)CC4)o2)cc1. The molecule has 2 aromatic heterocycles. The van der Waals surface area contributed by atoms with Gasteiger partial charge in [0.05, 0.1) is 5.52 Å². The molecule has 29 heavy (non-hydrogen) atoms. The lowest BCUT2D eigenvalue weighted by atomic mass is 9.90. The maximum absolute atomic E-state index is 6.03. The maximum atomic E-state index is 6.03. The van der Waals surface area contributed by atoms with Gasteiger partial charge in [0, 0.05) is 30.0 Å². The minimum absolute atomic E-state index is 0.305. The first-order valence-corrected chi connectivity index (χ1v) is 10.2. The Morgan fingerprint density at radius 3 is 2.55 bits per heavy atom. The molecule has 2 aromatic carbocycles. The van der Waals surface area contributed by atoms with E-state index >= 15 is 0 Å². The van der Waals surface area contributed by atoms with E-state index in [1.807, 2.05) is 42.5 Å². The minimum Gasteiger partial charge on any atom is -0.420 e. The molecule has 1 aliphatic heterocycles. The number of hydrogen-bond donors (Lipinski definition) is 0. The van der Waals surface area contributed by atoms with E-state index in [0.717, 1.165) is 60.5 Å². The van der Waals surface area contributed by atoms with Gasteiger partial charge in [-0.05, 0) is 48.9 Å². The molecule has 0 N–H and O–H groups in total. The lowest BCUT2D eigenvalue weighted by Crippen LogP contribution is -2.35. The fourth-order valence-corrected chi connectivity index (χ4v) is 4.73. The number of nitrogens with zero attached hydrogens (tertiary/aromatic N) is 5. The molecule has 6 nitrogen and oxygen atoms in total. The van der Waals surface area contributed by atoms with E-state index < -0.39 is 0 Å². The molecule has 0 bridgehead atoms. The molecule has 1 saturated carbocycles. The van der Waals surface area contributed by atoms with Crippen LogP contribution in [0.4, 0.5) is 5.82 Å². The maximum Gasteiger partial charge on any atom is 0.247 e. The molecule has 0 amide bonds. The zero-order chi connectivity index (χ0) is 19.3. The van der Waals surface area contributed by atoms with Crippen LogP contribution in [0.1, 0.15) is 31.1 Å². The number of rotatable bonds is 3. The van der Waals surface area contributed by atoms with Crippen molar-refractivity contribution in [3.05, 3.63) is 66.8 Å². The average molecular weight is 383 g/mol. The number of fused-ring (bicyclic) bond motifs is 1. The van der Waals surface area contributed by atoms with E-state index in [9.17, 15) is 0 Å². The van der Waals surface area contributed by atoms with Crippen LogP contribution in [0.25, 0.3) is 22.4 Å². The largest absolute Gasteiger partial charge is 0.420 e. The summed E-state index contributed by atoms with van der Waals surface area (Å²) in [6, 6.07) is 18.2. The van der Waals surface area contributed by atoms with Crippen LogP contribution in [-0.4, -0.2) is 33.3 Å². The second-order valence-corrected chi connectivity index (χ2v) is 8.13. The molecular weight excluding hydrogens is 362 g/mol. The summed E-state index contributed by atoms with van der Waals surface area (Å²) < 4.78 is 6.03. The van der Waals surface area contributed by atoms with Crippen molar-refractivity contribution in [1.29, 1.82) is 0 Å². The van der Waals surface area contributed by atoms with Crippen molar-refractivity contribution in [3.8, 4) is 11.5 Å². The molecule has 0 unspecified atom stereocenters. The topological polar surface area (TPSA) is 67.9 Å². The summed E-state index contributed by atoms with van der Waals surface area (Å²) in [5.74, 6) is 2.85. The van der Waals surface area contributed by atoms with Crippen LogP contribution in [0, 0.1) is 5.41 Å². The molecule has 1 spiro atoms. The average Bonchev–Trinajstić information content (AvgIpc) is 3.25. The Morgan fingerprint density at radius 2 is 1.69 bits per heavy atom. The standard InChI is InChI=1S/C23H21N5O/c1-2-6-16(7-3-1)21-26-27-22(29-21)18-14-23(18)10-12-28(13-11-23)20-17-8-4-5-9-19(17)24-15-25-20/h1-9,15,18H,10-14H2/t18-/m0/s1. The summed E-state index contributed by atoms with van der Waals surface area (Å²) in [6.07, 6.45) is 5.06. The highest BCUT2D eigenvalue weighted by atomic mass is 16.4. The molecule has 2 fully saturated rings. The number of para-hydroxylation sites is 1. The van der Waals surface area contributed by atoms with Crippen molar-refractivity contribution in [2.75, 3.05) is 18.0 Å². The molecule has 4 aromatic rings. The number of aromatic nitrogens is 4. The molecular formula is C23H21N5O. The van der Waals surface area contributed by atoms with Crippen LogP contribution in [0.3, 0.4) is 0 Å². The Balaban J connectivity index is 1.18. The zero-order valence-electron chi connectivity index (χ0n) is 16.0. The highest BCUT2D eigenvalue weighted by molar-refractivity contribution is 5.89.